The van der Waals surface area contributed by atoms with Crippen molar-refractivity contribution in [2.24, 2.45) is 0 Å². The van der Waals surface area contributed by atoms with E-state index in [0.717, 1.165) is 12.8 Å². The first-order valence-corrected chi connectivity index (χ1v) is 4.96. The summed E-state index contributed by atoms with van der Waals surface area (Å²) >= 11 is 0. The fourth-order valence-electron chi connectivity index (χ4n) is 1.38. The standard InChI is InChI=1S/C11H14O3/c12-11(6-10-8-13-10)14-7-9-4-2-1-3-5-9/h1-2,4,10H,3,5-8H2. The molecule has 1 saturated heterocycles. The summed E-state index contributed by atoms with van der Waals surface area (Å²) in [5, 5.41) is 0. The van der Waals surface area contributed by atoms with Crippen molar-refractivity contribution in [1.82, 2.24) is 0 Å². The lowest BCUT2D eigenvalue weighted by Crippen LogP contribution is -2.10. The number of hydrogen-bond donors (Lipinski definition) is 0. The van der Waals surface area contributed by atoms with E-state index in [0.29, 0.717) is 19.6 Å². The number of carbonyl (C=O) groups excluding carboxylic acids is 1. The lowest BCUT2D eigenvalue weighted by molar-refractivity contribution is -0.143. The minimum absolute atomic E-state index is 0.128. The number of ether oxygens (including phenoxy) is 2. The van der Waals surface area contributed by atoms with Crippen molar-refractivity contribution in [2.45, 2.75) is 25.4 Å². The van der Waals surface area contributed by atoms with Gasteiger partial charge in [-0.05, 0) is 18.4 Å². The van der Waals surface area contributed by atoms with Crippen LogP contribution in [0.2, 0.25) is 0 Å². The highest BCUT2D eigenvalue weighted by Crippen LogP contribution is 2.15. The van der Waals surface area contributed by atoms with Crippen molar-refractivity contribution in [3.63, 3.8) is 0 Å². The third-order valence-corrected chi connectivity index (χ3v) is 2.32. The second kappa shape index (κ2) is 4.42. The maximum absolute atomic E-state index is 11.2. The van der Waals surface area contributed by atoms with Gasteiger partial charge in [-0.25, -0.2) is 0 Å². The van der Waals surface area contributed by atoms with Crippen LogP contribution in [0.5, 0.6) is 0 Å². The first-order chi connectivity index (χ1) is 6.84. The third kappa shape index (κ3) is 3.00. The molecule has 0 spiro atoms. The van der Waals surface area contributed by atoms with Gasteiger partial charge in [-0.15, -0.1) is 0 Å². The van der Waals surface area contributed by atoms with E-state index in [1.165, 1.54) is 5.57 Å². The van der Waals surface area contributed by atoms with E-state index >= 15 is 0 Å². The highest BCUT2D eigenvalue weighted by Gasteiger charge is 2.26. The summed E-state index contributed by atoms with van der Waals surface area (Å²) < 4.78 is 10.1. The van der Waals surface area contributed by atoms with E-state index in [1.807, 2.05) is 12.2 Å². The highest BCUT2D eigenvalue weighted by atomic mass is 16.6. The van der Waals surface area contributed by atoms with Crippen LogP contribution in [-0.4, -0.2) is 25.3 Å². The van der Waals surface area contributed by atoms with Crippen LogP contribution in [0.3, 0.4) is 0 Å². The van der Waals surface area contributed by atoms with Crippen molar-refractivity contribution in [1.29, 1.82) is 0 Å². The summed E-state index contributed by atoms with van der Waals surface area (Å²) in [6.07, 6.45) is 8.73. The molecule has 0 saturated carbocycles. The molecule has 1 heterocycles. The molecule has 2 aliphatic rings. The molecule has 2 rings (SSSR count). The van der Waals surface area contributed by atoms with Gasteiger partial charge in [-0.1, -0.05) is 18.2 Å². The molecule has 0 aromatic rings. The highest BCUT2D eigenvalue weighted by molar-refractivity contribution is 5.70. The maximum Gasteiger partial charge on any atom is 0.308 e. The second-order valence-electron chi connectivity index (χ2n) is 3.61. The molecule has 1 unspecified atom stereocenters. The van der Waals surface area contributed by atoms with Crippen molar-refractivity contribution in [2.75, 3.05) is 13.2 Å². The molecule has 0 bridgehead atoms. The SMILES string of the molecule is O=C(CC1CO1)OCC1=CC=CCC1. The monoisotopic (exact) mass is 194 g/mol. The van der Waals surface area contributed by atoms with Gasteiger partial charge in [0.1, 0.15) is 6.61 Å². The maximum atomic E-state index is 11.2. The predicted octanol–water partition coefficient (Wildman–Crippen LogP) is 1.59. The van der Waals surface area contributed by atoms with Gasteiger partial charge in [0.2, 0.25) is 0 Å². The predicted molar refractivity (Wildman–Crippen MR) is 51.8 cm³/mol. The van der Waals surface area contributed by atoms with Crippen molar-refractivity contribution in [3.05, 3.63) is 23.8 Å². The summed E-state index contributed by atoms with van der Waals surface area (Å²) in [7, 11) is 0. The zero-order valence-corrected chi connectivity index (χ0v) is 8.07. The molecule has 0 aromatic heterocycles. The minimum atomic E-state index is -0.150. The Balaban J connectivity index is 1.67. The van der Waals surface area contributed by atoms with E-state index < -0.39 is 0 Å². The molecule has 0 N–H and O–H groups in total. The Morgan fingerprint density at radius 1 is 1.64 bits per heavy atom. The van der Waals surface area contributed by atoms with Crippen molar-refractivity contribution < 1.29 is 14.3 Å². The van der Waals surface area contributed by atoms with Gasteiger partial charge < -0.3 is 9.47 Å². The molecule has 1 fully saturated rings. The molecule has 1 aliphatic carbocycles. The van der Waals surface area contributed by atoms with Crippen LogP contribution in [0.25, 0.3) is 0 Å². The fourth-order valence-corrected chi connectivity index (χ4v) is 1.38. The topological polar surface area (TPSA) is 38.8 Å². The van der Waals surface area contributed by atoms with Gasteiger partial charge in [0.25, 0.3) is 0 Å². The Labute approximate surface area is 83.4 Å². The molecule has 1 aliphatic heterocycles. The number of esters is 1. The molecule has 1 atom stereocenters. The van der Waals surface area contributed by atoms with Crippen LogP contribution < -0.4 is 0 Å². The molecule has 0 radical (unpaired) electrons. The quantitative estimate of drug-likeness (QED) is 0.504. The minimum Gasteiger partial charge on any atom is -0.461 e. The average molecular weight is 194 g/mol. The molecule has 3 heteroatoms. The van der Waals surface area contributed by atoms with Gasteiger partial charge in [0, 0.05) is 0 Å². The zero-order chi connectivity index (χ0) is 9.80. The summed E-state index contributed by atoms with van der Waals surface area (Å²) in [5.74, 6) is -0.150. The van der Waals surface area contributed by atoms with Crippen molar-refractivity contribution in [3.8, 4) is 0 Å². The Kier molecular flexibility index (Phi) is 2.99. The number of hydrogen-bond acceptors (Lipinski definition) is 3. The van der Waals surface area contributed by atoms with Crippen LogP contribution in [0, 0.1) is 0 Å². The average Bonchev–Trinajstić information content (AvgIpc) is 3.00. The fraction of sp³-hybridized carbons (Fsp3) is 0.545. The van der Waals surface area contributed by atoms with E-state index in [-0.39, 0.29) is 12.1 Å². The van der Waals surface area contributed by atoms with E-state index in [2.05, 4.69) is 6.08 Å². The number of rotatable bonds is 4. The Morgan fingerprint density at radius 3 is 3.14 bits per heavy atom. The van der Waals surface area contributed by atoms with Gasteiger partial charge in [0.15, 0.2) is 0 Å². The number of allylic oxidation sites excluding steroid dienone is 3. The van der Waals surface area contributed by atoms with E-state index in [9.17, 15) is 4.79 Å². The van der Waals surface area contributed by atoms with Gasteiger partial charge >= 0.3 is 5.97 Å². The summed E-state index contributed by atoms with van der Waals surface area (Å²) in [4.78, 5) is 11.2. The van der Waals surface area contributed by atoms with Gasteiger partial charge in [-0.3, -0.25) is 4.79 Å². The Bertz CT molecular complexity index is 274. The summed E-state index contributed by atoms with van der Waals surface area (Å²) in [5.41, 5.74) is 1.19. The molecular weight excluding hydrogens is 180 g/mol. The molecule has 0 aromatic carbocycles. The number of carbonyl (C=O) groups is 1. The molecule has 76 valence electrons. The third-order valence-electron chi connectivity index (χ3n) is 2.32. The summed E-state index contributed by atoms with van der Waals surface area (Å²) in [6.45, 7) is 1.15. The lowest BCUT2D eigenvalue weighted by Gasteiger charge is -2.09. The van der Waals surface area contributed by atoms with E-state index in [1.54, 1.807) is 0 Å². The Hall–Kier alpha value is -1.09. The van der Waals surface area contributed by atoms with Gasteiger partial charge in [0.05, 0.1) is 19.1 Å². The molecule has 14 heavy (non-hydrogen) atoms. The molecule has 0 amide bonds. The normalized spacial score (nSPS) is 24.3. The number of epoxide rings is 1. The molecule has 3 nitrogen and oxygen atoms in total. The smallest absolute Gasteiger partial charge is 0.308 e. The van der Waals surface area contributed by atoms with Crippen LogP contribution in [0.15, 0.2) is 23.8 Å². The molecular formula is C11H14O3. The van der Waals surface area contributed by atoms with Crippen LogP contribution in [0.1, 0.15) is 19.3 Å². The zero-order valence-electron chi connectivity index (χ0n) is 8.07. The van der Waals surface area contributed by atoms with E-state index in [4.69, 9.17) is 9.47 Å². The largest absolute Gasteiger partial charge is 0.461 e. The van der Waals surface area contributed by atoms with Gasteiger partial charge in [-0.2, -0.15) is 0 Å². The first-order valence-electron chi connectivity index (χ1n) is 4.96. The van der Waals surface area contributed by atoms with Crippen LogP contribution in [-0.2, 0) is 14.3 Å². The summed E-state index contributed by atoms with van der Waals surface area (Å²) in [6, 6.07) is 0. The van der Waals surface area contributed by atoms with Crippen molar-refractivity contribution >= 4 is 5.97 Å². The second-order valence-corrected chi connectivity index (χ2v) is 3.61. The Morgan fingerprint density at radius 2 is 2.50 bits per heavy atom. The lowest BCUT2D eigenvalue weighted by atomic mass is 10.1. The van der Waals surface area contributed by atoms with Crippen LogP contribution >= 0.6 is 0 Å². The van der Waals surface area contributed by atoms with Crippen LogP contribution in [0.4, 0.5) is 0 Å². The first kappa shape index (κ1) is 9.46.